The lowest BCUT2D eigenvalue weighted by Crippen LogP contribution is -2.34. The van der Waals surface area contributed by atoms with Crippen LogP contribution in [-0.2, 0) is 9.63 Å². The average Bonchev–Trinajstić information content (AvgIpc) is 1.88. The largest absolute Gasteiger partial charge is 0.368 e. The number of carbonyl (C=O) groups excluding carboxylic acids is 1. The van der Waals surface area contributed by atoms with Crippen molar-refractivity contribution in [2.24, 2.45) is 0 Å². The van der Waals surface area contributed by atoms with Gasteiger partial charge < -0.3 is 4.84 Å². The van der Waals surface area contributed by atoms with Gasteiger partial charge in [-0.15, -0.1) is 5.06 Å². The molecule has 0 atom stereocenters. The predicted molar refractivity (Wildman–Crippen MR) is 40.7 cm³/mol. The summed E-state index contributed by atoms with van der Waals surface area (Å²) in [6, 6.07) is 0. The van der Waals surface area contributed by atoms with Gasteiger partial charge in [-0.05, 0) is 0 Å². The molecule has 0 aromatic heterocycles. The van der Waals surface area contributed by atoms with E-state index in [9.17, 15) is 4.79 Å². The van der Waals surface area contributed by atoms with Gasteiger partial charge in [-0.3, -0.25) is 4.79 Å². The fourth-order valence-electron chi connectivity index (χ4n) is 0.820. The van der Waals surface area contributed by atoms with Gasteiger partial charge in [-0.2, -0.15) is 11.8 Å². The molecule has 10 heavy (non-hydrogen) atoms. The highest BCUT2D eigenvalue weighted by molar-refractivity contribution is 7.99. The van der Waals surface area contributed by atoms with Gasteiger partial charge in [0, 0.05) is 31.5 Å². The predicted octanol–water partition coefficient (Wildman–Crippen LogP) is 0.513. The van der Waals surface area contributed by atoms with Crippen LogP contribution in [-0.4, -0.2) is 35.6 Å². The zero-order valence-electron chi connectivity index (χ0n) is 6.00. The van der Waals surface area contributed by atoms with E-state index in [0.29, 0.717) is 0 Å². The Balaban J connectivity index is 2.19. The molecule has 1 heterocycles. The van der Waals surface area contributed by atoms with Crippen LogP contribution in [0, 0.1) is 0 Å². The monoisotopic (exact) mass is 161 g/mol. The minimum Gasteiger partial charge on any atom is -0.368 e. The molecule has 0 aromatic rings. The molecule has 1 aliphatic heterocycles. The molecular weight excluding hydrogens is 150 g/mol. The van der Waals surface area contributed by atoms with Crippen molar-refractivity contribution in [3.8, 4) is 0 Å². The Morgan fingerprint density at radius 2 is 2.10 bits per heavy atom. The zero-order chi connectivity index (χ0) is 7.40. The van der Waals surface area contributed by atoms with Crippen molar-refractivity contribution in [1.82, 2.24) is 5.06 Å². The van der Waals surface area contributed by atoms with E-state index in [2.05, 4.69) is 0 Å². The first-order chi connectivity index (χ1) is 4.79. The van der Waals surface area contributed by atoms with Crippen LogP contribution in [0.4, 0.5) is 0 Å². The van der Waals surface area contributed by atoms with E-state index in [1.54, 1.807) is 5.06 Å². The van der Waals surface area contributed by atoms with E-state index in [0.717, 1.165) is 24.6 Å². The number of hydroxylamine groups is 2. The average molecular weight is 161 g/mol. The van der Waals surface area contributed by atoms with Crippen LogP contribution >= 0.6 is 11.8 Å². The molecule has 0 spiro atoms. The van der Waals surface area contributed by atoms with E-state index in [1.165, 1.54) is 6.92 Å². The van der Waals surface area contributed by atoms with Crippen molar-refractivity contribution >= 4 is 17.7 Å². The Hall–Kier alpha value is -0.220. The van der Waals surface area contributed by atoms with Gasteiger partial charge in [-0.1, -0.05) is 0 Å². The van der Waals surface area contributed by atoms with E-state index < -0.39 is 0 Å². The first kappa shape index (κ1) is 7.88. The van der Waals surface area contributed by atoms with Gasteiger partial charge in [0.1, 0.15) is 0 Å². The maximum atomic E-state index is 10.4. The quantitative estimate of drug-likeness (QED) is 0.560. The maximum absolute atomic E-state index is 10.4. The van der Waals surface area contributed by atoms with Gasteiger partial charge in [0.2, 0.25) is 0 Å². The maximum Gasteiger partial charge on any atom is 0.322 e. The molecule has 0 unspecified atom stereocenters. The molecule has 1 saturated heterocycles. The summed E-state index contributed by atoms with van der Waals surface area (Å²) in [5.41, 5.74) is 0. The number of hydrogen-bond acceptors (Lipinski definition) is 4. The molecule has 4 heteroatoms. The molecule has 0 aromatic carbocycles. The topological polar surface area (TPSA) is 29.5 Å². The summed E-state index contributed by atoms with van der Waals surface area (Å²) in [6.07, 6.45) is 0. The summed E-state index contributed by atoms with van der Waals surface area (Å²) in [5.74, 6) is 1.91. The van der Waals surface area contributed by atoms with Gasteiger partial charge in [-0.25, -0.2) is 0 Å². The molecule has 0 aliphatic carbocycles. The van der Waals surface area contributed by atoms with Crippen molar-refractivity contribution in [2.45, 2.75) is 6.92 Å². The highest BCUT2D eigenvalue weighted by Crippen LogP contribution is 2.08. The fourth-order valence-corrected chi connectivity index (χ4v) is 1.69. The van der Waals surface area contributed by atoms with Crippen molar-refractivity contribution in [2.75, 3.05) is 24.6 Å². The molecular formula is C6H11NO2S. The Labute approximate surface area is 64.7 Å². The number of nitrogens with zero attached hydrogens (tertiary/aromatic N) is 1. The second kappa shape index (κ2) is 3.83. The number of thioether (sulfide) groups is 1. The van der Waals surface area contributed by atoms with Gasteiger partial charge >= 0.3 is 5.97 Å². The third-order valence-electron chi connectivity index (χ3n) is 1.23. The van der Waals surface area contributed by atoms with Crippen LogP contribution in [0.2, 0.25) is 0 Å². The lowest BCUT2D eigenvalue weighted by atomic mass is 10.6. The van der Waals surface area contributed by atoms with Crippen LogP contribution in [0.5, 0.6) is 0 Å². The molecule has 1 aliphatic rings. The van der Waals surface area contributed by atoms with Crippen molar-refractivity contribution in [3.05, 3.63) is 0 Å². The lowest BCUT2D eigenvalue weighted by Gasteiger charge is -2.23. The van der Waals surface area contributed by atoms with Crippen molar-refractivity contribution in [1.29, 1.82) is 0 Å². The molecule has 0 saturated carbocycles. The third-order valence-corrected chi connectivity index (χ3v) is 2.17. The van der Waals surface area contributed by atoms with Crippen LogP contribution in [0.3, 0.4) is 0 Å². The van der Waals surface area contributed by atoms with Crippen LogP contribution < -0.4 is 0 Å². The van der Waals surface area contributed by atoms with Gasteiger partial charge in [0.25, 0.3) is 0 Å². The summed E-state index contributed by atoms with van der Waals surface area (Å²) in [7, 11) is 0. The Morgan fingerprint density at radius 3 is 2.60 bits per heavy atom. The molecule has 58 valence electrons. The summed E-state index contributed by atoms with van der Waals surface area (Å²) < 4.78 is 0. The Morgan fingerprint density at radius 1 is 1.50 bits per heavy atom. The van der Waals surface area contributed by atoms with E-state index >= 15 is 0 Å². The van der Waals surface area contributed by atoms with Crippen LogP contribution in [0.1, 0.15) is 6.92 Å². The zero-order valence-corrected chi connectivity index (χ0v) is 6.82. The van der Waals surface area contributed by atoms with Gasteiger partial charge in [0.05, 0.1) is 0 Å². The molecule has 1 fully saturated rings. The molecule has 0 N–H and O–H groups in total. The summed E-state index contributed by atoms with van der Waals surface area (Å²) in [5, 5.41) is 1.72. The van der Waals surface area contributed by atoms with E-state index in [4.69, 9.17) is 4.84 Å². The number of rotatable bonds is 1. The van der Waals surface area contributed by atoms with Gasteiger partial charge in [0.15, 0.2) is 0 Å². The number of hydrogen-bond donors (Lipinski definition) is 0. The number of carbonyl (C=O) groups is 1. The van der Waals surface area contributed by atoms with Crippen LogP contribution in [0.15, 0.2) is 0 Å². The second-order valence-electron chi connectivity index (χ2n) is 2.12. The SMILES string of the molecule is CC(=O)ON1CCSCC1. The van der Waals surface area contributed by atoms with Crippen LogP contribution in [0.25, 0.3) is 0 Å². The molecule has 3 nitrogen and oxygen atoms in total. The minimum atomic E-state index is -0.216. The first-order valence-corrected chi connectivity index (χ1v) is 4.46. The summed E-state index contributed by atoms with van der Waals surface area (Å²) in [4.78, 5) is 15.3. The summed E-state index contributed by atoms with van der Waals surface area (Å²) in [6.45, 7) is 3.16. The van der Waals surface area contributed by atoms with Crippen molar-refractivity contribution in [3.63, 3.8) is 0 Å². The lowest BCUT2D eigenvalue weighted by molar-refractivity contribution is -0.185. The Kier molecular flexibility index (Phi) is 3.02. The molecule has 0 radical (unpaired) electrons. The molecule has 0 bridgehead atoms. The Bertz CT molecular complexity index is 123. The molecule has 0 amide bonds. The van der Waals surface area contributed by atoms with E-state index in [-0.39, 0.29) is 5.97 Å². The smallest absolute Gasteiger partial charge is 0.322 e. The highest BCUT2D eigenvalue weighted by atomic mass is 32.2. The first-order valence-electron chi connectivity index (χ1n) is 3.30. The summed E-state index contributed by atoms with van der Waals surface area (Å²) >= 11 is 1.89. The van der Waals surface area contributed by atoms with E-state index in [1.807, 2.05) is 11.8 Å². The second-order valence-corrected chi connectivity index (χ2v) is 3.35. The standard InChI is InChI=1S/C6H11NO2S/c1-6(8)9-7-2-4-10-5-3-7/h2-5H2,1H3. The molecule has 1 rings (SSSR count). The minimum absolute atomic E-state index is 0.216. The normalized spacial score (nSPS) is 20.5. The van der Waals surface area contributed by atoms with Crippen molar-refractivity contribution < 1.29 is 9.63 Å². The highest BCUT2D eigenvalue weighted by Gasteiger charge is 2.11. The third kappa shape index (κ3) is 2.58. The fraction of sp³-hybridized carbons (Fsp3) is 0.833.